The highest BCUT2D eigenvalue weighted by Crippen LogP contribution is 2.32. The van der Waals surface area contributed by atoms with Gasteiger partial charge in [-0.2, -0.15) is 0 Å². The highest BCUT2D eigenvalue weighted by Gasteiger charge is 2.28. The van der Waals surface area contributed by atoms with Crippen molar-refractivity contribution < 1.29 is 17.9 Å². The van der Waals surface area contributed by atoms with Gasteiger partial charge in [0.15, 0.2) is 0 Å². The number of nitrogens with one attached hydrogen (secondary N) is 1. The highest BCUT2D eigenvalue weighted by molar-refractivity contribution is 7.92. The van der Waals surface area contributed by atoms with Gasteiger partial charge in [-0.15, -0.1) is 0 Å². The molecule has 0 aliphatic carbocycles. The second-order valence-corrected chi connectivity index (χ2v) is 10.2. The Morgan fingerprint density at radius 3 is 2.32 bits per heavy atom. The molecule has 4 rings (SSSR count). The monoisotopic (exact) mass is 499 g/mol. The van der Waals surface area contributed by atoms with Gasteiger partial charge >= 0.3 is 0 Å². The fourth-order valence-electron chi connectivity index (χ4n) is 3.91. The number of hydrogen-bond acceptors (Lipinski definition) is 5. The van der Waals surface area contributed by atoms with E-state index in [-0.39, 0.29) is 15.6 Å². The first-order valence-electron chi connectivity index (χ1n) is 10.9. The van der Waals surface area contributed by atoms with Gasteiger partial charge in [0.25, 0.3) is 10.0 Å². The average Bonchev–Trinajstić information content (AvgIpc) is 3.38. The third-order valence-electron chi connectivity index (χ3n) is 5.66. The summed E-state index contributed by atoms with van der Waals surface area (Å²) in [6, 6.07) is 20.1. The van der Waals surface area contributed by atoms with Crippen LogP contribution in [0.25, 0.3) is 0 Å². The van der Waals surface area contributed by atoms with Gasteiger partial charge in [-0.3, -0.25) is 9.10 Å². The van der Waals surface area contributed by atoms with Crippen LogP contribution in [0.1, 0.15) is 12.8 Å². The van der Waals surface area contributed by atoms with Crippen LogP contribution in [0.5, 0.6) is 5.75 Å². The standard InChI is InChI=1S/C25H26ClN3O4S/c1-33-24-14-13-21(17-23(24)26)29(34(31,32)22-7-3-2-4-8-22)18-25(30)27-19-9-11-20(12-10-19)28-15-5-6-16-28/h2-4,7-14,17H,5-6,15-16,18H2,1H3,(H,27,30). The van der Waals surface area contributed by atoms with Crippen molar-refractivity contribution in [3.63, 3.8) is 0 Å². The number of nitrogens with zero attached hydrogens (tertiary/aromatic N) is 2. The van der Waals surface area contributed by atoms with Crippen LogP contribution in [-0.2, 0) is 14.8 Å². The Hall–Kier alpha value is -3.23. The summed E-state index contributed by atoms with van der Waals surface area (Å²) in [5, 5.41) is 3.04. The lowest BCUT2D eigenvalue weighted by Gasteiger charge is -2.24. The van der Waals surface area contributed by atoms with Gasteiger partial charge in [0.05, 0.1) is 22.7 Å². The molecule has 1 aliphatic heterocycles. The van der Waals surface area contributed by atoms with Gasteiger partial charge in [-0.1, -0.05) is 29.8 Å². The molecular formula is C25H26ClN3O4S. The molecule has 3 aromatic carbocycles. The molecule has 1 saturated heterocycles. The summed E-state index contributed by atoms with van der Waals surface area (Å²) in [7, 11) is -2.56. The molecule has 0 radical (unpaired) electrons. The number of carbonyl (C=O) groups excluding carboxylic acids is 1. The Balaban J connectivity index is 1.57. The lowest BCUT2D eigenvalue weighted by molar-refractivity contribution is -0.114. The molecule has 0 saturated carbocycles. The summed E-state index contributed by atoms with van der Waals surface area (Å²) in [5.74, 6) is -0.0645. The minimum absolute atomic E-state index is 0.0738. The zero-order chi connectivity index (χ0) is 24.1. The smallest absolute Gasteiger partial charge is 0.264 e. The van der Waals surface area contributed by atoms with E-state index in [2.05, 4.69) is 10.2 Å². The molecule has 3 aromatic rings. The molecule has 34 heavy (non-hydrogen) atoms. The maximum Gasteiger partial charge on any atom is 0.264 e. The van der Waals surface area contributed by atoms with Crippen LogP contribution in [-0.4, -0.2) is 41.1 Å². The van der Waals surface area contributed by atoms with Crippen molar-refractivity contribution in [2.45, 2.75) is 17.7 Å². The topological polar surface area (TPSA) is 79.0 Å². The molecule has 0 spiro atoms. The number of benzene rings is 3. The molecule has 0 unspecified atom stereocenters. The van der Waals surface area contributed by atoms with Crippen molar-refractivity contribution in [1.82, 2.24) is 0 Å². The van der Waals surface area contributed by atoms with Gasteiger partial charge in [-0.05, 0) is 67.4 Å². The molecule has 0 atom stereocenters. The lowest BCUT2D eigenvalue weighted by atomic mass is 10.2. The van der Waals surface area contributed by atoms with E-state index in [4.69, 9.17) is 16.3 Å². The molecular weight excluding hydrogens is 474 g/mol. The molecule has 7 nitrogen and oxygen atoms in total. The van der Waals surface area contributed by atoms with Crippen LogP contribution < -0.4 is 19.3 Å². The molecule has 1 fully saturated rings. The number of sulfonamides is 1. The Bertz CT molecular complexity index is 1240. The van der Waals surface area contributed by atoms with Crippen LogP contribution >= 0.6 is 11.6 Å². The summed E-state index contributed by atoms with van der Waals surface area (Å²) in [6.45, 7) is 1.64. The van der Waals surface area contributed by atoms with Crippen LogP contribution in [0.3, 0.4) is 0 Å². The Morgan fingerprint density at radius 1 is 1.03 bits per heavy atom. The van der Waals surface area contributed by atoms with E-state index in [0.29, 0.717) is 11.4 Å². The van der Waals surface area contributed by atoms with Gasteiger partial charge in [-0.25, -0.2) is 8.42 Å². The number of halogens is 1. The minimum atomic E-state index is -4.03. The maximum absolute atomic E-state index is 13.4. The first kappa shape index (κ1) is 23.9. The Morgan fingerprint density at radius 2 is 1.71 bits per heavy atom. The molecule has 0 aromatic heterocycles. The maximum atomic E-state index is 13.4. The minimum Gasteiger partial charge on any atom is -0.495 e. The van der Waals surface area contributed by atoms with Crippen molar-refractivity contribution >= 4 is 44.6 Å². The van der Waals surface area contributed by atoms with E-state index < -0.39 is 22.5 Å². The molecule has 1 heterocycles. The molecule has 0 bridgehead atoms. The number of ether oxygens (including phenoxy) is 1. The van der Waals surface area contributed by atoms with Crippen molar-refractivity contribution in [3.05, 3.63) is 77.8 Å². The highest BCUT2D eigenvalue weighted by atomic mass is 35.5. The zero-order valence-corrected chi connectivity index (χ0v) is 20.3. The predicted molar refractivity (Wildman–Crippen MR) is 135 cm³/mol. The van der Waals surface area contributed by atoms with Gasteiger partial charge in [0.2, 0.25) is 5.91 Å². The van der Waals surface area contributed by atoms with Crippen molar-refractivity contribution in [2.24, 2.45) is 0 Å². The summed E-state index contributed by atoms with van der Waals surface area (Å²) in [4.78, 5) is 15.3. The Labute approximate surface area is 205 Å². The SMILES string of the molecule is COc1ccc(N(CC(=O)Nc2ccc(N3CCCC3)cc2)S(=O)(=O)c2ccccc2)cc1Cl. The van der Waals surface area contributed by atoms with Crippen LogP contribution in [0.2, 0.25) is 5.02 Å². The number of amides is 1. The third-order valence-corrected chi connectivity index (χ3v) is 7.75. The molecule has 178 valence electrons. The fraction of sp³-hybridized carbons (Fsp3) is 0.240. The Kier molecular flexibility index (Phi) is 7.29. The van der Waals surface area contributed by atoms with Crippen LogP contribution in [0, 0.1) is 0 Å². The zero-order valence-electron chi connectivity index (χ0n) is 18.8. The second-order valence-electron chi connectivity index (χ2n) is 7.93. The van der Waals surface area contributed by atoms with Crippen LogP contribution in [0.15, 0.2) is 77.7 Å². The summed E-state index contributed by atoms with van der Waals surface area (Å²) in [6.07, 6.45) is 2.36. The average molecular weight is 500 g/mol. The van der Waals surface area contributed by atoms with Crippen molar-refractivity contribution in [3.8, 4) is 5.75 Å². The van der Waals surface area contributed by atoms with Crippen molar-refractivity contribution in [2.75, 3.05) is 41.3 Å². The number of anilines is 3. The normalized spacial score (nSPS) is 13.5. The van der Waals surface area contributed by atoms with E-state index >= 15 is 0 Å². The van der Waals surface area contributed by atoms with E-state index in [1.807, 2.05) is 24.3 Å². The first-order valence-corrected chi connectivity index (χ1v) is 12.8. The molecule has 1 amide bonds. The third kappa shape index (κ3) is 5.29. The van der Waals surface area contributed by atoms with Gasteiger partial charge in [0, 0.05) is 24.5 Å². The van der Waals surface area contributed by atoms with Crippen LogP contribution in [0.4, 0.5) is 17.1 Å². The predicted octanol–water partition coefficient (Wildman–Crippen LogP) is 4.78. The van der Waals surface area contributed by atoms with E-state index in [0.717, 1.165) is 23.1 Å². The van der Waals surface area contributed by atoms with Gasteiger partial charge in [0.1, 0.15) is 12.3 Å². The number of carbonyl (C=O) groups is 1. The van der Waals surface area contributed by atoms with E-state index in [1.165, 1.54) is 38.2 Å². The second kappa shape index (κ2) is 10.4. The number of rotatable bonds is 8. The molecule has 9 heteroatoms. The number of hydrogen-bond donors (Lipinski definition) is 1. The molecule has 1 aliphatic rings. The summed E-state index contributed by atoms with van der Waals surface area (Å²) in [5.41, 5.74) is 1.96. The quantitative estimate of drug-likeness (QED) is 0.482. The largest absolute Gasteiger partial charge is 0.495 e. The number of methoxy groups -OCH3 is 1. The van der Waals surface area contributed by atoms with Crippen molar-refractivity contribution in [1.29, 1.82) is 0 Å². The summed E-state index contributed by atoms with van der Waals surface area (Å²) >= 11 is 6.25. The molecule has 1 N–H and O–H groups in total. The summed E-state index contributed by atoms with van der Waals surface area (Å²) < 4.78 is 33.1. The first-order chi connectivity index (χ1) is 16.4. The lowest BCUT2D eigenvalue weighted by Crippen LogP contribution is -2.38. The van der Waals surface area contributed by atoms with E-state index in [9.17, 15) is 13.2 Å². The van der Waals surface area contributed by atoms with Gasteiger partial charge < -0.3 is 15.0 Å². The van der Waals surface area contributed by atoms with E-state index in [1.54, 1.807) is 30.3 Å². The fourth-order valence-corrected chi connectivity index (χ4v) is 5.59.